The molecule has 0 atom stereocenters. The fraction of sp³-hybridized carbons (Fsp3) is 0.176. The van der Waals surface area contributed by atoms with Crippen LogP contribution in [-0.2, 0) is 13.0 Å². The molecule has 0 unspecified atom stereocenters. The van der Waals surface area contributed by atoms with E-state index in [-0.39, 0.29) is 11.8 Å². The molecule has 0 aliphatic carbocycles. The number of carbonyl (C=O) groups excluding carboxylic acids is 2. The highest BCUT2D eigenvalue weighted by Crippen LogP contribution is 2.13. The van der Waals surface area contributed by atoms with Crippen molar-refractivity contribution in [2.45, 2.75) is 13.0 Å². The van der Waals surface area contributed by atoms with Crippen molar-refractivity contribution in [3.05, 3.63) is 70.8 Å². The van der Waals surface area contributed by atoms with Crippen LogP contribution in [0.3, 0.4) is 0 Å². The van der Waals surface area contributed by atoms with Crippen LogP contribution in [0, 0.1) is 0 Å². The van der Waals surface area contributed by atoms with Crippen molar-refractivity contribution in [3.8, 4) is 0 Å². The number of nitrogens with one attached hydrogen (secondary N) is 2. The van der Waals surface area contributed by atoms with E-state index in [1.165, 1.54) is 17.5 Å². The number of amides is 2. The molecule has 4 nitrogen and oxygen atoms in total. The molecule has 0 bridgehead atoms. The minimum absolute atomic E-state index is 0.300. The quantitative estimate of drug-likeness (QED) is 0.725. The van der Waals surface area contributed by atoms with Gasteiger partial charge in [-0.05, 0) is 36.2 Å². The maximum Gasteiger partial charge on any atom is 0.258 e. The fourth-order valence-electron chi connectivity index (χ4n) is 2.54. The number of hydrogen-bond donors (Lipinski definition) is 2. The molecule has 0 fully saturated rings. The summed E-state index contributed by atoms with van der Waals surface area (Å²) in [7, 11) is 0. The van der Waals surface area contributed by atoms with E-state index >= 15 is 0 Å². The Balaban J connectivity index is 0.000000126. The van der Waals surface area contributed by atoms with Crippen LogP contribution in [-0.4, -0.2) is 18.4 Å². The molecule has 4 rings (SSSR count). The summed E-state index contributed by atoms with van der Waals surface area (Å²) in [5.41, 5.74) is 3.92. The summed E-state index contributed by atoms with van der Waals surface area (Å²) >= 11 is 0. The second-order valence-electron chi connectivity index (χ2n) is 5.02. The Hall–Kier alpha value is -2.46. The van der Waals surface area contributed by atoms with Crippen molar-refractivity contribution in [3.63, 3.8) is 0 Å². The molecule has 2 N–H and O–H groups in total. The Labute approximate surface area is 123 Å². The average Bonchev–Trinajstić information content (AvgIpc) is 2.83. The third kappa shape index (κ3) is 2.85. The van der Waals surface area contributed by atoms with E-state index in [0.29, 0.717) is 11.1 Å². The van der Waals surface area contributed by atoms with Crippen molar-refractivity contribution in [2.75, 3.05) is 6.54 Å². The van der Waals surface area contributed by atoms with Gasteiger partial charge in [0.05, 0.1) is 11.1 Å². The molecule has 0 aromatic heterocycles. The lowest BCUT2D eigenvalue weighted by molar-refractivity contribution is 0.0879. The van der Waals surface area contributed by atoms with E-state index < -0.39 is 0 Å². The first kappa shape index (κ1) is 13.5. The molecule has 2 aromatic carbocycles. The van der Waals surface area contributed by atoms with Crippen LogP contribution < -0.4 is 10.6 Å². The maximum atomic E-state index is 10.9. The van der Waals surface area contributed by atoms with E-state index in [9.17, 15) is 9.59 Å². The van der Waals surface area contributed by atoms with Gasteiger partial charge in [-0.2, -0.15) is 0 Å². The van der Waals surface area contributed by atoms with Crippen LogP contribution in [0.1, 0.15) is 31.8 Å². The topological polar surface area (TPSA) is 58.2 Å². The maximum absolute atomic E-state index is 10.9. The zero-order chi connectivity index (χ0) is 14.7. The number of hydrogen-bond acceptors (Lipinski definition) is 3. The van der Waals surface area contributed by atoms with Crippen molar-refractivity contribution < 1.29 is 9.59 Å². The smallest absolute Gasteiger partial charge is 0.258 e. The minimum Gasteiger partial charge on any atom is -0.312 e. The number of imide groups is 1. The normalized spacial score (nSPS) is 15.4. The number of fused-ring (bicyclic) bond motifs is 2. The predicted octanol–water partition coefficient (Wildman–Crippen LogP) is 1.90. The van der Waals surface area contributed by atoms with Crippen LogP contribution in [0.5, 0.6) is 0 Å². The summed E-state index contributed by atoms with van der Waals surface area (Å²) in [4.78, 5) is 21.9. The van der Waals surface area contributed by atoms with Gasteiger partial charge in [0.1, 0.15) is 0 Å². The summed E-state index contributed by atoms with van der Waals surface area (Å²) in [6.07, 6.45) is 1.19. The van der Waals surface area contributed by atoms with Crippen LogP contribution in [0.4, 0.5) is 0 Å². The second kappa shape index (κ2) is 5.89. The van der Waals surface area contributed by atoms with Gasteiger partial charge in [0.25, 0.3) is 11.8 Å². The van der Waals surface area contributed by atoms with Crippen LogP contribution in [0.25, 0.3) is 0 Å². The molecule has 0 spiro atoms. The van der Waals surface area contributed by atoms with Crippen molar-refractivity contribution >= 4 is 11.8 Å². The molecule has 21 heavy (non-hydrogen) atoms. The molecule has 2 amide bonds. The molecule has 106 valence electrons. The highest BCUT2D eigenvalue weighted by Gasteiger charge is 2.25. The molecule has 0 saturated heterocycles. The molecule has 2 aliphatic rings. The number of carbonyl (C=O) groups is 2. The third-order valence-corrected chi connectivity index (χ3v) is 3.65. The van der Waals surface area contributed by atoms with Crippen LogP contribution >= 0.6 is 0 Å². The van der Waals surface area contributed by atoms with Gasteiger partial charge in [-0.3, -0.25) is 14.9 Å². The summed E-state index contributed by atoms with van der Waals surface area (Å²) in [5.74, 6) is -0.601. The van der Waals surface area contributed by atoms with Gasteiger partial charge in [-0.15, -0.1) is 0 Å². The largest absolute Gasteiger partial charge is 0.312 e. The van der Waals surface area contributed by atoms with Gasteiger partial charge in [-0.1, -0.05) is 36.4 Å². The molecule has 2 aliphatic heterocycles. The zero-order valence-electron chi connectivity index (χ0n) is 11.6. The lowest BCUT2D eigenvalue weighted by Crippen LogP contribution is -2.23. The fourth-order valence-corrected chi connectivity index (χ4v) is 2.54. The first-order chi connectivity index (χ1) is 10.3. The van der Waals surface area contributed by atoms with E-state index in [2.05, 4.69) is 34.9 Å². The van der Waals surface area contributed by atoms with Crippen molar-refractivity contribution in [1.29, 1.82) is 0 Å². The number of rotatable bonds is 0. The lowest BCUT2D eigenvalue weighted by atomic mass is 10.0. The van der Waals surface area contributed by atoms with Gasteiger partial charge >= 0.3 is 0 Å². The van der Waals surface area contributed by atoms with Gasteiger partial charge in [0, 0.05) is 6.54 Å². The van der Waals surface area contributed by atoms with Gasteiger partial charge < -0.3 is 5.32 Å². The summed E-state index contributed by atoms with van der Waals surface area (Å²) in [5, 5.41) is 5.55. The van der Waals surface area contributed by atoms with E-state index in [1.54, 1.807) is 24.3 Å². The Morgan fingerprint density at radius 2 is 1.33 bits per heavy atom. The molecule has 2 heterocycles. The standard InChI is InChI=1S/C9H11N.C8H5NO2/c1-2-4-9-7-10-6-5-8(9)3-1;10-7-5-3-1-2-4-6(5)8(11)9-7/h1-4,10H,5-7H2;1-4H,(H,9,10,11). The molecule has 2 aromatic rings. The van der Waals surface area contributed by atoms with E-state index in [1.807, 2.05) is 0 Å². The Morgan fingerprint density at radius 3 is 1.95 bits per heavy atom. The number of benzene rings is 2. The lowest BCUT2D eigenvalue weighted by Gasteiger charge is -2.15. The van der Waals surface area contributed by atoms with Crippen LogP contribution in [0.2, 0.25) is 0 Å². The molecule has 0 radical (unpaired) electrons. The zero-order valence-corrected chi connectivity index (χ0v) is 11.6. The highest BCUT2D eigenvalue weighted by molar-refractivity contribution is 6.21. The molecular weight excluding hydrogens is 264 g/mol. The summed E-state index contributed by atoms with van der Waals surface area (Å²) in [6, 6.07) is 15.4. The third-order valence-electron chi connectivity index (χ3n) is 3.65. The van der Waals surface area contributed by atoms with E-state index in [0.717, 1.165) is 13.1 Å². The predicted molar refractivity (Wildman–Crippen MR) is 80.1 cm³/mol. The van der Waals surface area contributed by atoms with Gasteiger partial charge in [0.15, 0.2) is 0 Å². The summed E-state index contributed by atoms with van der Waals surface area (Å²) < 4.78 is 0. The summed E-state index contributed by atoms with van der Waals surface area (Å²) in [6.45, 7) is 2.19. The van der Waals surface area contributed by atoms with Gasteiger partial charge in [-0.25, -0.2) is 0 Å². The molecule has 4 heteroatoms. The monoisotopic (exact) mass is 280 g/mol. The van der Waals surface area contributed by atoms with Crippen molar-refractivity contribution in [2.24, 2.45) is 0 Å². The Bertz CT molecular complexity index is 637. The highest BCUT2D eigenvalue weighted by atomic mass is 16.2. The van der Waals surface area contributed by atoms with Crippen molar-refractivity contribution in [1.82, 2.24) is 10.6 Å². The van der Waals surface area contributed by atoms with Crippen LogP contribution in [0.15, 0.2) is 48.5 Å². The second-order valence-corrected chi connectivity index (χ2v) is 5.02. The minimum atomic E-state index is -0.300. The molecular formula is C17H16N2O2. The molecule has 0 saturated carbocycles. The SMILES string of the molecule is O=C1NC(=O)c2ccccc21.c1ccc2c(c1)CCNC2. The van der Waals surface area contributed by atoms with E-state index in [4.69, 9.17) is 0 Å². The average molecular weight is 280 g/mol. The Morgan fingerprint density at radius 1 is 0.762 bits per heavy atom. The first-order valence-electron chi connectivity index (χ1n) is 6.98. The Kier molecular flexibility index (Phi) is 3.79. The first-order valence-corrected chi connectivity index (χ1v) is 6.98. The van der Waals surface area contributed by atoms with Gasteiger partial charge in [0.2, 0.25) is 0 Å².